The number of rotatable bonds is 5. The zero-order valence-corrected chi connectivity index (χ0v) is 11.1. The third kappa shape index (κ3) is 3.03. The Labute approximate surface area is 99.3 Å². The van der Waals surface area contributed by atoms with Crippen LogP contribution < -0.4 is 11.3 Å². The van der Waals surface area contributed by atoms with Crippen LogP contribution in [0.3, 0.4) is 0 Å². The first kappa shape index (κ1) is 12.7. The van der Waals surface area contributed by atoms with E-state index in [1.807, 2.05) is 10.9 Å². The molecule has 5 heteroatoms. The van der Waals surface area contributed by atoms with Crippen LogP contribution in [-0.2, 0) is 6.54 Å². The number of aromatic nitrogens is 2. The zero-order valence-electron chi connectivity index (χ0n) is 9.50. The molecule has 3 N–H and O–H groups in total. The minimum absolute atomic E-state index is 0.154. The minimum atomic E-state index is 0.154. The van der Waals surface area contributed by atoms with E-state index in [-0.39, 0.29) is 6.04 Å². The normalized spacial score (nSPS) is 13.5. The fourth-order valence-corrected chi connectivity index (χ4v) is 2.27. The highest BCUT2D eigenvalue weighted by Gasteiger charge is 2.19. The number of nitrogens with zero attached hydrogens (tertiary/aromatic N) is 2. The molecule has 1 unspecified atom stereocenters. The molecule has 0 saturated heterocycles. The van der Waals surface area contributed by atoms with Crippen molar-refractivity contribution in [1.82, 2.24) is 15.2 Å². The Hall–Kier alpha value is -0.390. The standard InChI is InChI=1S/C10H19BrN4/c1-4-15-10(8(11)6-13-15)9(14-12)5-7(2)3/h6-7,9,14H,4-5,12H2,1-3H3. The molecule has 1 heterocycles. The second-order valence-corrected chi connectivity index (χ2v) is 4.90. The van der Waals surface area contributed by atoms with Crippen LogP contribution in [0.1, 0.15) is 38.9 Å². The summed E-state index contributed by atoms with van der Waals surface area (Å²) >= 11 is 3.51. The average Bonchev–Trinajstić information content (AvgIpc) is 2.56. The summed E-state index contributed by atoms with van der Waals surface area (Å²) < 4.78 is 2.99. The van der Waals surface area contributed by atoms with Gasteiger partial charge in [0.05, 0.1) is 22.4 Å². The highest BCUT2D eigenvalue weighted by molar-refractivity contribution is 9.10. The molecule has 0 aliphatic heterocycles. The van der Waals surface area contributed by atoms with Gasteiger partial charge in [-0.3, -0.25) is 16.0 Å². The van der Waals surface area contributed by atoms with E-state index in [9.17, 15) is 0 Å². The molecule has 1 rings (SSSR count). The van der Waals surface area contributed by atoms with Crippen LogP contribution in [0.4, 0.5) is 0 Å². The Morgan fingerprint density at radius 1 is 1.60 bits per heavy atom. The lowest BCUT2D eigenvalue weighted by Gasteiger charge is -2.19. The van der Waals surface area contributed by atoms with Crippen LogP contribution in [0, 0.1) is 5.92 Å². The lowest BCUT2D eigenvalue weighted by atomic mass is 10.0. The maximum absolute atomic E-state index is 5.59. The quantitative estimate of drug-likeness (QED) is 0.640. The summed E-state index contributed by atoms with van der Waals surface area (Å²) in [4.78, 5) is 0. The summed E-state index contributed by atoms with van der Waals surface area (Å²) in [6.07, 6.45) is 2.82. The maximum atomic E-state index is 5.59. The van der Waals surface area contributed by atoms with E-state index in [4.69, 9.17) is 5.84 Å². The highest BCUT2D eigenvalue weighted by Crippen LogP contribution is 2.27. The van der Waals surface area contributed by atoms with Crippen LogP contribution in [0.2, 0.25) is 0 Å². The monoisotopic (exact) mass is 274 g/mol. The minimum Gasteiger partial charge on any atom is -0.271 e. The zero-order chi connectivity index (χ0) is 11.4. The molecule has 0 radical (unpaired) electrons. The Kier molecular flexibility index (Phi) is 4.76. The van der Waals surface area contributed by atoms with E-state index in [1.165, 1.54) is 0 Å². The fourth-order valence-electron chi connectivity index (χ4n) is 1.70. The first-order valence-corrected chi connectivity index (χ1v) is 6.06. The van der Waals surface area contributed by atoms with Gasteiger partial charge >= 0.3 is 0 Å². The van der Waals surface area contributed by atoms with Crippen molar-refractivity contribution in [2.45, 2.75) is 39.8 Å². The largest absolute Gasteiger partial charge is 0.271 e. The molecule has 0 bridgehead atoms. The van der Waals surface area contributed by atoms with Crippen molar-refractivity contribution in [2.75, 3.05) is 0 Å². The summed E-state index contributed by atoms with van der Waals surface area (Å²) in [5.41, 5.74) is 3.99. The SMILES string of the molecule is CCn1ncc(Br)c1C(CC(C)C)NN. The van der Waals surface area contributed by atoms with Crippen molar-refractivity contribution in [2.24, 2.45) is 11.8 Å². The Bertz CT molecular complexity index is 308. The molecule has 86 valence electrons. The Balaban J connectivity index is 2.94. The molecule has 1 atom stereocenters. The van der Waals surface area contributed by atoms with Gasteiger partial charge in [0.15, 0.2) is 0 Å². The van der Waals surface area contributed by atoms with Crippen molar-refractivity contribution >= 4 is 15.9 Å². The molecule has 0 saturated carbocycles. The van der Waals surface area contributed by atoms with Crippen LogP contribution in [0.15, 0.2) is 10.7 Å². The topological polar surface area (TPSA) is 55.9 Å². The highest BCUT2D eigenvalue weighted by atomic mass is 79.9. The van der Waals surface area contributed by atoms with E-state index < -0.39 is 0 Å². The van der Waals surface area contributed by atoms with Crippen molar-refractivity contribution in [1.29, 1.82) is 0 Å². The molecule has 4 nitrogen and oxygen atoms in total. The second kappa shape index (κ2) is 5.63. The molecule has 0 aliphatic rings. The molecule has 0 aliphatic carbocycles. The summed E-state index contributed by atoms with van der Waals surface area (Å²) in [6, 6.07) is 0.154. The summed E-state index contributed by atoms with van der Waals surface area (Å²) in [5, 5.41) is 4.28. The number of hydrogen-bond acceptors (Lipinski definition) is 3. The number of hydrazine groups is 1. The van der Waals surface area contributed by atoms with Gasteiger partial charge in [-0.25, -0.2) is 0 Å². The van der Waals surface area contributed by atoms with Crippen molar-refractivity contribution in [3.05, 3.63) is 16.4 Å². The van der Waals surface area contributed by atoms with E-state index in [0.29, 0.717) is 5.92 Å². The Morgan fingerprint density at radius 2 is 2.27 bits per heavy atom. The van der Waals surface area contributed by atoms with Gasteiger partial charge in [0.25, 0.3) is 0 Å². The average molecular weight is 275 g/mol. The lowest BCUT2D eigenvalue weighted by molar-refractivity contribution is 0.409. The van der Waals surface area contributed by atoms with E-state index in [1.54, 1.807) is 0 Å². The number of halogens is 1. The van der Waals surface area contributed by atoms with Crippen molar-refractivity contribution in [3.63, 3.8) is 0 Å². The molecule has 0 aromatic carbocycles. The van der Waals surface area contributed by atoms with E-state index >= 15 is 0 Å². The van der Waals surface area contributed by atoms with Crippen molar-refractivity contribution in [3.8, 4) is 0 Å². The summed E-state index contributed by atoms with van der Waals surface area (Å²) in [7, 11) is 0. The number of aryl methyl sites for hydroxylation is 1. The van der Waals surface area contributed by atoms with Crippen LogP contribution in [0.25, 0.3) is 0 Å². The van der Waals surface area contributed by atoms with Gasteiger partial charge in [-0.05, 0) is 35.2 Å². The van der Waals surface area contributed by atoms with Crippen LogP contribution in [0.5, 0.6) is 0 Å². The van der Waals surface area contributed by atoms with Gasteiger partial charge < -0.3 is 0 Å². The molecule has 0 amide bonds. The van der Waals surface area contributed by atoms with Gasteiger partial charge in [-0.2, -0.15) is 5.10 Å². The summed E-state index contributed by atoms with van der Waals surface area (Å²) in [6.45, 7) is 7.30. The van der Waals surface area contributed by atoms with E-state index in [0.717, 1.165) is 23.1 Å². The van der Waals surface area contributed by atoms with Gasteiger partial charge in [0, 0.05) is 6.54 Å². The predicted octanol–water partition coefficient (Wildman–Crippen LogP) is 2.22. The number of nitrogens with two attached hydrogens (primary N) is 1. The number of hydrogen-bond donors (Lipinski definition) is 2. The summed E-state index contributed by atoms with van der Waals surface area (Å²) in [5.74, 6) is 6.19. The third-order valence-corrected chi connectivity index (χ3v) is 2.98. The molecular formula is C10H19BrN4. The van der Waals surface area contributed by atoms with Crippen LogP contribution >= 0.6 is 15.9 Å². The molecule has 15 heavy (non-hydrogen) atoms. The van der Waals surface area contributed by atoms with Crippen molar-refractivity contribution < 1.29 is 0 Å². The van der Waals surface area contributed by atoms with Crippen LogP contribution in [-0.4, -0.2) is 9.78 Å². The molecule has 1 aromatic rings. The van der Waals surface area contributed by atoms with Gasteiger partial charge in [0.2, 0.25) is 0 Å². The maximum Gasteiger partial charge on any atom is 0.0709 e. The molecule has 0 spiro atoms. The predicted molar refractivity (Wildman–Crippen MR) is 65.1 cm³/mol. The number of nitrogens with one attached hydrogen (secondary N) is 1. The molecule has 0 fully saturated rings. The lowest BCUT2D eigenvalue weighted by Crippen LogP contribution is -2.31. The fraction of sp³-hybridized carbons (Fsp3) is 0.700. The first-order chi connectivity index (χ1) is 7.10. The van der Waals surface area contributed by atoms with Gasteiger partial charge in [-0.15, -0.1) is 0 Å². The van der Waals surface area contributed by atoms with E-state index in [2.05, 4.69) is 47.2 Å². The second-order valence-electron chi connectivity index (χ2n) is 4.04. The third-order valence-electron chi connectivity index (χ3n) is 2.37. The van der Waals surface area contributed by atoms with Gasteiger partial charge in [-0.1, -0.05) is 13.8 Å². The molecular weight excluding hydrogens is 256 g/mol. The smallest absolute Gasteiger partial charge is 0.0709 e. The molecule has 1 aromatic heterocycles. The first-order valence-electron chi connectivity index (χ1n) is 5.27. The van der Waals surface area contributed by atoms with Gasteiger partial charge in [0.1, 0.15) is 0 Å². The Morgan fingerprint density at radius 3 is 2.73 bits per heavy atom.